The topological polar surface area (TPSA) is 35.6 Å². The van der Waals surface area contributed by atoms with Gasteiger partial charge in [-0.3, -0.25) is 0 Å². The van der Waals surface area contributed by atoms with Crippen LogP contribution in [0.1, 0.15) is 33.1 Å². The highest BCUT2D eigenvalue weighted by atomic mass is 16.2. The lowest BCUT2D eigenvalue weighted by atomic mass is 10.0. The van der Waals surface area contributed by atoms with Gasteiger partial charge in [0.05, 0.1) is 0 Å². The number of piperidine rings is 1. The Kier molecular flexibility index (Phi) is 3.69. The second-order valence-electron chi connectivity index (χ2n) is 5.14. The molecule has 4 nitrogen and oxygen atoms in total. The maximum atomic E-state index is 11.7. The van der Waals surface area contributed by atoms with Crippen molar-refractivity contribution < 1.29 is 4.79 Å². The quantitative estimate of drug-likeness (QED) is 0.768. The molecular weight excluding hydrogens is 202 g/mol. The molecule has 0 unspecified atom stereocenters. The minimum absolute atomic E-state index is 0.147. The zero-order valence-corrected chi connectivity index (χ0v) is 10.4. The molecule has 0 bridgehead atoms. The largest absolute Gasteiger partial charge is 0.338 e. The van der Waals surface area contributed by atoms with Gasteiger partial charge in [0.1, 0.15) is 0 Å². The minimum Gasteiger partial charge on any atom is -0.338 e. The first-order valence-corrected chi connectivity index (χ1v) is 6.47. The van der Waals surface area contributed by atoms with Gasteiger partial charge in [0.15, 0.2) is 0 Å². The summed E-state index contributed by atoms with van der Waals surface area (Å²) in [6, 6.07) is 1.25. The molecule has 2 saturated heterocycles. The first kappa shape index (κ1) is 11.7. The fourth-order valence-corrected chi connectivity index (χ4v) is 2.71. The number of urea groups is 1. The number of hydrogen-bond acceptors (Lipinski definition) is 2. The number of carbonyl (C=O) groups excluding carboxylic acids is 1. The molecule has 0 aliphatic carbocycles. The number of amides is 2. The zero-order chi connectivity index (χ0) is 11.5. The molecule has 2 rings (SSSR count). The molecule has 0 saturated carbocycles. The van der Waals surface area contributed by atoms with Gasteiger partial charge in [-0.15, -0.1) is 0 Å². The Morgan fingerprint density at radius 1 is 1.25 bits per heavy atom. The maximum absolute atomic E-state index is 11.7. The predicted octanol–water partition coefficient (Wildman–Crippen LogP) is 1.27. The lowest BCUT2D eigenvalue weighted by Gasteiger charge is -2.41. The molecule has 0 aromatic heterocycles. The second kappa shape index (κ2) is 5.04. The van der Waals surface area contributed by atoms with Crippen molar-refractivity contribution in [3.05, 3.63) is 0 Å². The van der Waals surface area contributed by atoms with Crippen LogP contribution in [0.25, 0.3) is 0 Å². The predicted molar refractivity (Wildman–Crippen MR) is 64.5 cm³/mol. The normalized spacial score (nSPS) is 24.9. The molecule has 0 atom stereocenters. The molecule has 2 fully saturated rings. The lowest BCUT2D eigenvalue weighted by molar-refractivity contribution is 0.0982. The summed E-state index contributed by atoms with van der Waals surface area (Å²) in [5, 5.41) is 2.94. The highest BCUT2D eigenvalue weighted by Crippen LogP contribution is 2.19. The van der Waals surface area contributed by atoms with Crippen LogP contribution in [0.4, 0.5) is 4.79 Å². The third-order valence-electron chi connectivity index (χ3n) is 3.78. The third-order valence-corrected chi connectivity index (χ3v) is 3.78. The van der Waals surface area contributed by atoms with Gasteiger partial charge in [-0.1, -0.05) is 0 Å². The molecule has 2 heterocycles. The molecule has 1 N–H and O–H groups in total. The summed E-state index contributed by atoms with van der Waals surface area (Å²) in [6.45, 7) is 8.54. The Balaban J connectivity index is 1.86. The Morgan fingerprint density at radius 3 is 2.50 bits per heavy atom. The number of rotatable bonds is 2. The third kappa shape index (κ3) is 2.48. The molecule has 2 aliphatic heterocycles. The summed E-state index contributed by atoms with van der Waals surface area (Å²) in [5.41, 5.74) is 0. The molecule has 0 radical (unpaired) electrons. The average Bonchev–Trinajstić information content (AvgIpc) is 2.30. The van der Waals surface area contributed by atoms with E-state index in [1.54, 1.807) is 0 Å². The summed E-state index contributed by atoms with van der Waals surface area (Å²) in [4.78, 5) is 16.3. The van der Waals surface area contributed by atoms with Gasteiger partial charge in [-0.2, -0.15) is 0 Å². The van der Waals surface area contributed by atoms with Crippen molar-refractivity contribution in [3.63, 3.8) is 0 Å². The van der Waals surface area contributed by atoms with Crippen molar-refractivity contribution in [2.24, 2.45) is 0 Å². The van der Waals surface area contributed by atoms with Crippen LogP contribution in [0.2, 0.25) is 0 Å². The molecule has 0 aromatic carbocycles. The van der Waals surface area contributed by atoms with Crippen LogP contribution in [-0.4, -0.2) is 54.1 Å². The van der Waals surface area contributed by atoms with E-state index in [0.717, 1.165) is 45.4 Å². The summed E-state index contributed by atoms with van der Waals surface area (Å²) >= 11 is 0. The molecule has 16 heavy (non-hydrogen) atoms. The summed E-state index contributed by atoms with van der Waals surface area (Å²) in [6.07, 6.45) is 3.35. The summed E-state index contributed by atoms with van der Waals surface area (Å²) < 4.78 is 0. The van der Waals surface area contributed by atoms with Crippen LogP contribution < -0.4 is 5.32 Å². The van der Waals surface area contributed by atoms with E-state index in [0.29, 0.717) is 12.1 Å². The average molecular weight is 225 g/mol. The molecule has 92 valence electrons. The van der Waals surface area contributed by atoms with E-state index < -0.39 is 0 Å². The SMILES string of the molecule is CC(C)N1CCC(N2CCCNC2=O)CC1. The van der Waals surface area contributed by atoms with E-state index in [1.807, 2.05) is 4.90 Å². The van der Waals surface area contributed by atoms with Crippen LogP contribution in [-0.2, 0) is 0 Å². The van der Waals surface area contributed by atoms with Gasteiger partial charge < -0.3 is 15.1 Å². The van der Waals surface area contributed by atoms with E-state index in [2.05, 4.69) is 24.1 Å². The van der Waals surface area contributed by atoms with Crippen molar-refractivity contribution in [2.75, 3.05) is 26.2 Å². The van der Waals surface area contributed by atoms with Crippen LogP contribution >= 0.6 is 0 Å². The van der Waals surface area contributed by atoms with E-state index in [-0.39, 0.29) is 6.03 Å². The van der Waals surface area contributed by atoms with Gasteiger partial charge in [-0.05, 0) is 33.1 Å². The number of nitrogens with zero attached hydrogens (tertiary/aromatic N) is 2. The van der Waals surface area contributed by atoms with E-state index in [9.17, 15) is 4.79 Å². The molecule has 4 heteroatoms. The van der Waals surface area contributed by atoms with Crippen molar-refractivity contribution >= 4 is 6.03 Å². The second-order valence-corrected chi connectivity index (χ2v) is 5.14. The standard InChI is InChI=1S/C12H23N3O/c1-10(2)14-8-4-11(5-9-14)15-7-3-6-13-12(15)16/h10-11H,3-9H2,1-2H3,(H,13,16). The molecule has 2 amide bonds. The van der Waals surface area contributed by atoms with Gasteiger partial charge in [-0.25, -0.2) is 4.79 Å². The first-order chi connectivity index (χ1) is 7.68. The number of likely N-dealkylation sites (tertiary alicyclic amines) is 1. The number of hydrogen-bond donors (Lipinski definition) is 1. The molecular formula is C12H23N3O. The zero-order valence-electron chi connectivity index (χ0n) is 10.4. The lowest BCUT2D eigenvalue weighted by Crippen LogP contribution is -2.54. The van der Waals surface area contributed by atoms with Gasteiger partial charge >= 0.3 is 6.03 Å². The fourth-order valence-electron chi connectivity index (χ4n) is 2.71. The van der Waals surface area contributed by atoms with E-state index in [1.165, 1.54) is 0 Å². The van der Waals surface area contributed by atoms with Gasteiger partial charge in [0.25, 0.3) is 0 Å². The van der Waals surface area contributed by atoms with Crippen LogP contribution in [0.15, 0.2) is 0 Å². The maximum Gasteiger partial charge on any atom is 0.317 e. The van der Waals surface area contributed by atoms with Crippen molar-refractivity contribution in [3.8, 4) is 0 Å². The van der Waals surface area contributed by atoms with Crippen molar-refractivity contribution in [1.29, 1.82) is 0 Å². The van der Waals surface area contributed by atoms with Crippen LogP contribution in [0.5, 0.6) is 0 Å². The summed E-state index contributed by atoms with van der Waals surface area (Å²) in [7, 11) is 0. The van der Waals surface area contributed by atoms with Crippen molar-refractivity contribution in [2.45, 2.75) is 45.2 Å². The number of nitrogens with one attached hydrogen (secondary N) is 1. The highest BCUT2D eigenvalue weighted by Gasteiger charge is 2.29. The monoisotopic (exact) mass is 225 g/mol. The Morgan fingerprint density at radius 2 is 1.94 bits per heavy atom. The van der Waals surface area contributed by atoms with Crippen LogP contribution in [0.3, 0.4) is 0 Å². The van der Waals surface area contributed by atoms with Gasteiger partial charge in [0.2, 0.25) is 0 Å². The smallest absolute Gasteiger partial charge is 0.317 e. The highest BCUT2D eigenvalue weighted by molar-refractivity contribution is 5.75. The Hall–Kier alpha value is -0.770. The minimum atomic E-state index is 0.147. The number of carbonyl (C=O) groups is 1. The van der Waals surface area contributed by atoms with E-state index >= 15 is 0 Å². The summed E-state index contributed by atoms with van der Waals surface area (Å²) in [5.74, 6) is 0. The van der Waals surface area contributed by atoms with Crippen molar-refractivity contribution in [1.82, 2.24) is 15.1 Å². The van der Waals surface area contributed by atoms with Gasteiger partial charge in [0, 0.05) is 38.3 Å². The fraction of sp³-hybridized carbons (Fsp3) is 0.917. The molecule has 2 aliphatic rings. The van der Waals surface area contributed by atoms with E-state index in [4.69, 9.17) is 0 Å². The molecule has 0 aromatic rings. The Labute approximate surface area is 98.0 Å². The molecule has 0 spiro atoms. The van der Waals surface area contributed by atoms with Crippen LogP contribution in [0, 0.1) is 0 Å². The Bertz CT molecular complexity index is 247. The first-order valence-electron chi connectivity index (χ1n) is 6.47.